The Morgan fingerprint density at radius 2 is 2.04 bits per heavy atom. The fourth-order valence-electron chi connectivity index (χ4n) is 2.85. The molecule has 1 fully saturated rings. The zero-order chi connectivity index (χ0) is 17.8. The van der Waals surface area contributed by atoms with Crippen molar-refractivity contribution in [2.75, 3.05) is 6.54 Å². The number of hydrogen-bond acceptors (Lipinski definition) is 5. The molecule has 2 aromatic rings. The van der Waals surface area contributed by atoms with Gasteiger partial charge in [0, 0.05) is 10.9 Å². The Bertz CT molecular complexity index is 750. The first-order valence-corrected chi connectivity index (χ1v) is 9.22. The molecule has 5 nitrogen and oxygen atoms in total. The van der Waals surface area contributed by atoms with E-state index in [4.69, 9.17) is 16.3 Å². The lowest BCUT2D eigenvalue weighted by Crippen LogP contribution is -2.40. The minimum atomic E-state index is -0.349. The number of halogens is 1. The summed E-state index contributed by atoms with van der Waals surface area (Å²) < 4.78 is 5.94. The second kappa shape index (κ2) is 7.99. The highest BCUT2D eigenvalue weighted by atomic mass is 35.5. The van der Waals surface area contributed by atoms with E-state index < -0.39 is 0 Å². The standard InChI is InChI=1S/C18H19ClN2O3S/c1-11-16(17(21-18(11)23)13-7-8-14(19)25-13)20-9-15(22)24-10-12-5-3-2-4-6-12/h2-8,11,16-17,20H,9-10H2,1H3,(H,21,23)/t11?,16-,17?/m1/s1. The zero-order valence-corrected chi connectivity index (χ0v) is 15.3. The molecule has 0 spiro atoms. The van der Waals surface area contributed by atoms with E-state index >= 15 is 0 Å². The van der Waals surface area contributed by atoms with Gasteiger partial charge in [-0.2, -0.15) is 0 Å². The van der Waals surface area contributed by atoms with Crippen molar-refractivity contribution in [1.82, 2.24) is 10.6 Å². The van der Waals surface area contributed by atoms with E-state index in [1.165, 1.54) is 11.3 Å². The molecule has 1 aliphatic rings. The zero-order valence-electron chi connectivity index (χ0n) is 13.7. The van der Waals surface area contributed by atoms with E-state index in [1.807, 2.05) is 49.4 Å². The Hall–Kier alpha value is -1.89. The molecular formula is C18H19ClN2O3S. The number of thiophene rings is 1. The second-order valence-electron chi connectivity index (χ2n) is 5.97. The predicted molar refractivity (Wildman–Crippen MR) is 97.4 cm³/mol. The SMILES string of the molecule is CC1C(=O)NC(c2ccc(Cl)s2)[C@@H]1NCC(=O)OCc1ccccc1. The molecule has 3 rings (SSSR count). The number of hydrogen-bond donors (Lipinski definition) is 2. The van der Waals surface area contributed by atoms with Crippen LogP contribution in [0, 0.1) is 5.92 Å². The van der Waals surface area contributed by atoms with Crippen molar-refractivity contribution < 1.29 is 14.3 Å². The molecule has 1 aromatic carbocycles. The van der Waals surface area contributed by atoms with Crippen molar-refractivity contribution in [3.8, 4) is 0 Å². The van der Waals surface area contributed by atoms with E-state index in [0.717, 1.165) is 10.4 Å². The number of ether oxygens (including phenoxy) is 1. The van der Waals surface area contributed by atoms with Gasteiger partial charge in [-0.3, -0.25) is 9.59 Å². The lowest BCUT2D eigenvalue weighted by molar-refractivity contribution is -0.144. The summed E-state index contributed by atoms with van der Waals surface area (Å²) in [5.74, 6) is -0.629. The van der Waals surface area contributed by atoms with Gasteiger partial charge in [-0.25, -0.2) is 0 Å². The third kappa shape index (κ3) is 4.39. The molecule has 2 unspecified atom stereocenters. The third-order valence-electron chi connectivity index (χ3n) is 4.23. The van der Waals surface area contributed by atoms with E-state index in [9.17, 15) is 9.59 Å². The maximum atomic E-state index is 12.0. The highest BCUT2D eigenvalue weighted by Crippen LogP contribution is 2.34. The van der Waals surface area contributed by atoms with Crippen LogP contribution in [0.3, 0.4) is 0 Å². The molecule has 1 amide bonds. The number of rotatable bonds is 6. The summed E-state index contributed by atoms with van der Waals surface area (Å²) in [4.78, 5) is 25.0. The first-order chi connectivity index (χ1) is 12.0. The fraction of sp³-hybridized carbons (Fsp3) is 0.333. The topological polar surface area (TPSA) is 67.4 Å². The van der Waals surface area contributed by atoms with E-state index in [1.54, 1.807) is 0 Å². The van der Waals surface area contributed by atoms with Gasteiger partial charge in [0.2, 0.25) is 5.91 Å². The summed E-state index contributed by atoms with van der Waals surface area (Å²) >= 11 is 7.43. The molecule has 2 heterocycles. The van der Waals surface area contributed by atoms with Gasteiger partial charge in [-0.05, 0) is 17.7 Å². The lowest BCUT2D eigenvalue weighted by atomic mass is 9.99. The quantitative estimate of drug-likeness (QED) is 0.758. The van der Waals surface area contributed by atoms with Gasteiger partial charge in [0.05, 0.1) is 22.8 Å². The van der Waals surface area contributed by atoms with Gasteiger partial charge >= 0.3 is 5.97 Å². The van der Waals surface area contributed by atoms with Crippen LogP contribution < -0.4 is 10.6 Å². The normalized spacial score (nSPS) is 22.6. The first kappa shape index (κ1) is 17.9. The fourth-order valence-corrected chi connectivity index (χ4v) is 4.01. The number of nitrogens with one attached hydrogen (secondary N) is 2. The summed E-state index contributed by atoms with van der Waals surface area (Å²) in [6.45, 7) is 2.13. The predicted octanol–water partition coefficient (Wildman–Crippen LogP) is 2.91. The Morgan fingerprint density at radius 3 is 2.72 bits per heavy atom. The minimum absolute atomic E-state index is 0.0373. The van der Waals surface area contributed by atoms with Gasteiger partial charge in [0.25, 0.3) is 0 Å². The van der Waals surface area contributed by atoms with Crippen molar-refractivity contribution in [1.29, 1.82) is 0 Å². The molecule has 2 N–H and O–H groups in total. The highest BCUT2D eigenvalue weighted by Gasteiger charge is 2.40. The molecule has 1 saturated heterocycles. The maximum Gasteiger partial charge on any atom is 0.320 e. The molecule has 0 radical (unpaired) electrons. The van der Waals surface area contributed by atoms with E-state index in [-0.39, 0.29) is 43.0 Å². The summed E-state index contributed by atoms with van der Waals surface area (Å²) in [7, 11) is 0. The van der Waals surface area contributed by atoms with E-state index in [2.05, 4.69) is 10.6 Å². The lowest BCUT2D eigenvalue weighted by Gasteiger charge is -2.21. The summed E-state index contributed by atoms with van der Waals surface area (Å²) in [5.41, 5.74) is 0.938. The van der Waals surface area contributed by atoms with Crippen LogP contribution in [0.5, 0.6) is 0 Å². The van der Waals surface area contributed by atoms with Crippen LogP contribution in [0.4, 0.5) is 0 Å². The van der Waals surface area contributed by atoms with Gasteiger partial charge in [-0.15, -0.1) is 11.3 Å². The van der Waals surface area contributed by atoms with E-state index in [0.29, 0.717) is 4.34 Å². The first-order valence-electron chi connectivity index (χ1n) is 8.03. The molecule has 1 aliphatic heterocycles. The van der Waals surface area contributed by atoms with Crippen LogP contribution in [0.1, 0.15) is 23.4 Å². The molecule has 0 bridgehead atoms. The van der Waals surface area contributed by atoms with Crippen molar-refractivity contribution in [2.45, 2.75) is 25.6 Å². The van der Waals surface area contributed by atoms with Crippen molar-refractivity contribution in [3.05, 3.63) is 57.2 Å². The van der Waals surface area contributed by atoms with Crippen LogP contribution in [0.2, 0.25) is 4.34 Å². The number of amides is 1. The van der Waals surface area contributed by atoms with Gasteiger partial charge < -0.3 is 15.4 Å². The summed E-state index contributed by atoms with van der Waals surface area (Å²) in [5, 5.41) is 6.12. The largest absolute Gasteiger partial charge is 0.460 e. The van der Waals surface area contributed by atoms with Crippen molar-refractivity contribution in [3.63, 3.8) is 0 Å². The number of benzene rings is 1. The Morgan fingerprint density at radius 1 is 1.28 bits per heavy atom. The number of carbonyl (C=O) groups is 2. The summed E-state index contributed by atoms with van der Waals surface area (Å²) in [6.07, 6.45) is 0. The highest BCUT2D eigenvalue weighted by molar-refractivity contribution is 7.16. The maximum absolute atomic E-state index is 12.0. The Kier molecular flexibility index (Phi) is 5.73. The molecule has 0 saturated carbocycles. The van der Waals surface area contributed by atoms with Crippen LogP contribution >= 0.6 is 22.9 Å². The second-order valence-corrected chi connectivity index (χ2v) is 7.72. The average molecular weight is 379 g/mol. The average Bonchev–Trinajstić information content (AvgIpc) is 3.16. The molecule has 3 atom stereocenters. The Labute approximate surface area is 155 Å². The molecule has 7 heteroatoms. The molecular weight excluding hydrogens is 360 g/mol. The van der Waals surface area contributed by atoms with Crippen LogP contribution in [-0.2, 0) is 20.9 Å². The minimum Gasteiger partial charge on any atom is -0.460 e. The van der Waals surface area contributed by atoms with Gasteiger partial charge in [0.15, 0.2) is 0 Å². The molecule has 132 valence electrons. The summed E-state index contributed by atoms with van der Waals surface area (Å²) in [6, 6.07) is 12.8. The number of esters is 1. The Balaban J connectivity index is 1.56. The smallest absolute Gasteiger partial charge is 0.320 e. The molecule has 1 aromatic heterocycles. The number of carbonyl (C=O) groups excluding carboxylic acids is 2. The van der Waals surface area contributed by atoms with Gasteiger partial charge in [-0.1, -0.05) is 48.9 Å². The molecule has 0 aliphatic carbocycles. The van der Waals surface area contributed by atoms with Crippen LogP contribution in [0.25, 0.3) is 0 Å². The van der Waals surface area contributed by atoms with Crippen molar-refractivity contribution in [2.24, 2.45) is 5.92 Å². The third-order valence-corrected chi connectivity index (χ3v) is 5.55. The molecule has 25 heavy (non-hydrogen) atoms. The van der Waals surface area contributed by atoms with Crippen LogP contribution in [-0.4, -0.2) is 24.5 Å². The van der Waals surface area contributed by atoms with Crippen LogP contribution in [0.15, 0.2) is 42.5 Å². The monoisotopic (exact) mass is 378 g/mol. The van der Waals surface area contributed by atoms with Gasteiger partial charge in [0.1, 0.15) is 6.61 Å². The van der Waals surface area contributed by atoms with Crippen molar-refractivity contribution >= 4 is 34.8 Å².